The largest absolute Gasteiger partial charge is 0.465 e. The van der Waals surface area contributed by atoms with Gasteiger partial charge in [0.2, 0.25) is 0 Å². The molecule has 0 unspecified atom stereocenters. The number of aromatic amines is 1. The molecule has 2 aromatic carbocycles. The maximum Gasteiger partial charge on any atom is 0.337 e. The number of esters is 1. The topological polar surface area (TPSA) is 42.1 Å². The van der Waals surface area contributed by atoms with Crippen LogP contribution < -0.4 is 0 Å². The van der Waals surface area contributed by atoms with Crippen molar-refractivity contribution in [2.75, 3.05) is 7.11 Å². The Morgan fingerprint density at radius 2 is 1.84 bits per heavy atom. The number of hydrogen-bond donors (Lipinski definition) is 1. The molecule has 0 amide bonds. The van der Waals surface area contributed by atoms with Crippen molar-refractivity contribution in [3.05, 3.63) is 60.3 Å². The van der Waals surface area contributed by atoms with Gasteiger partial charge in [0, 0.05) is 11.8 Å². The molecule has 3 heteroatoms. The van der Waals surface area contributed by atoms with Crippen LogP contribution in [0.4, 0.5) is 0 Å². The second-order valence-corrected chi connectivity index (χ2v) is 4.32. The quantitative estimate of drug-likeness (QED) is 0.707. The van der Waals surface area contributed by atoms with Gasteiger partial charge in [0.25, 0.3) is 0 Å². The van der Waals surface area contributed by atoms with Gasteiger partial charge >= 0.3 is 5.97 Å². The van der Waals surface area contributed by atoms with Gasteiger partial charge < -0.3 is 9.72 Å². The van der Waals surface area contributed by atoms with E-state index in [9.17, 15) is 4.79 Å². The molecule has 1 N–H and O–H groups in total. The van der Waals surface area contributed by atoms with Gasteiger partial charge in [-0.2, -0.15) is 0 Å². The molecule has 0 aliphatic rings. The van der Waals surface area contributed by atoms with Crippen molar-refractivity contribution in [3.63, 3.8) is 0 Å². The molecule has 0 atom stereocenters. The predicted molar refractivity (Wildman–Crippen MR) is 75.1 cm³/mol. The first-order valence-corrected chi connectivity index (χ1v) is 6.04. The molecule has 0 saturated carbocycles. The molecular formula is C16H13NO2. The molecule has 1 heterocycles. The fraction of sp³-hybridized carbons (Fsp3) is 0.0625. The predicted octanol–water partition coefficient (Wildman–Crippen LogP) is 3.62. The first-order valence-electron chi connectivity index (χ1n) is 6.04. The standard InChI is InChI=1S/C16H13NO2/c1-19-16(18)13-7-5-11(6-8-13)14-4-2-3-12-9-10-17-15(12)14/h2-10,17H,1H3. The van der Waals surface area contributed by atoms with E-state index in [2.05, 4.69) is 17.1 Å². The van der Waals surface area contributed by atoms with E-state index in [0.717, 1.165) is 16.6 Å². The number of hydrogen-bond acceptors (Lipinski definition) is 2. The van der Waals surface area contributed by atoms with Crippen LogP contribution in [-0.4, -0.2) is 18.1 Å². The van der Waals surface area contributed by atoms with Crippen LogP contribution in [0.2, 0.25) is 0 Å². The summed E-state index contributed by atoms with van der Waals surface area (Å²) < 4.78 is 4.69. The fourth-order valence-electron chi connectivity index (χ4n) is 2.23. The summed E-state index contributed by atoms with van der Waals surface area (Å²) in [7, 11) is 1.38. The minimum Gasteiger partial charge on any atom is -0.465 e. The van der Waals surface area contributed by atoms with Crippen LogP contribution in [0.5, 0.6) is 0 Å². The molecule has 0 fully saturated rings. The summed E-state index contributed by atoms with van der Waals surface area (Å²) >= 11 is 0. The zero-order valence-electron chi connectivity index (χ0n) is 10.5. The molecule has 0 aliphatic heterocycles. The molecule has 0 aliphatic carbocycles. The Labute approximate surface area is 110 Å². The van der Waals surface area contributed by atoms with Crippen LogP contribution in [0.3, 0.4) is 0 Å². The number of fused-ring (bicyclic) bond motifs is 1. The number of methoxy groups -OCH3 is 1. The van der Waals surface area contributed by atoms with Crippen molar-refractivity contribution in [1.82, 2.24) is 4.98 Å². The minimum atomic E-state index is -0.315. The monoisotopic (exact) mass is 251 g/mol. The number of carbonyl (C=O) groups is 1. The lowest BCUT2D eigenvalue weighted by Gasteiger charge is -2.05. The van der Waals surface area contributed by atoms with Crippen molar-refractivity contribution in [1.29, 1.82) is 0 Å². The average molecular weight is 251 g/mol. The minimum absolute atomic E-state index is 0.315. The summed E-state index contributed by atoms with van der Waals surface area (Å²) in [6.07, 6.45) is 1.93. The number of benzene rings is 2. The second kappa shape index (κ2) is 4.61. The van der Waals surface area contributed by atoms with Crippen LogP contribution in [0.25, 0.3) is 22.0 Å². The number of para-hydroxylation sites is 1. The van der Waals surface area contributed by atoms with Crippen molar-refractivity contribution in [2.45, 2.75) is 0 Å². The van der Waals surface area contributed by atoms with Gasteiger partial charge in [-0.1, -0.05) is 30.3 Å². The Balaban J connectivity index is 2.07. The molecule has 3 rings (SSSR count). The van der Waals surface area contributed by atoms with E-state index in [1.54, 1.807) is 12.1 Å². The zero-order valence-corrected chi connectivity index (χ0v) is 10.5. The molecular weight excluding hydrogens is 238 g/mol. The molecule has 0 saturated heterocycles. The van der Waals surface area contributed by atoms with Gasteiger partial charge in [0.05, 0.1) is 18.2 Å². The normalized spacial score (nSPS) is 10.6. The van der Waals surface area contributed by atoms with Gasteiger partial charge in [-0.15, -0.1) is 0 Å². The van der Waals surface area contributed by atoms with E-state index in [4.69, 9.17) is 4.74 Å². The Bertz CT molecular complexity index is 726. The van der Waals surface area contributed by atoms with Gasteiger partial charge in [-0.05, 0) is 29.1 Å². The van der Waals surface area contributed by atoms with Crippen LogP contribution in [0, 0.1) is 0 Å². The maximum atomic E-state index is 11.4. The van der Waals surface area contributed by atoms with E-state index in [1.807, 2.05) is 30.5 Å². The lowest BCUT2D eigenvalue weighted by Crippen LogP contribution is -2.00. The summed E-state index contributed by atoms with van der Waals surface area (Å²) in [5, 5.41) is 1.18. The van der Waals surface area contributed by atoms with Gasteiger partial charge in [-0.3, -0.25) is 0 Å². The van der Waals surface area contributed by atoms with E-state index >= 15 is 0 Å². The first kappa shape index (κ1) is 11.5. The number of H-pyrrole nitrogens is 1. The molecule has 3 aromatic rings. The summed E-state index contributed by atoms with van der Waals surface area (Å²) in [5.41, 5.74) is 3.86. The summed E-state index contributed by atoms with van der Waals surface area (Å²) in [6, 6.07) is 15.6. The fourth-order valence-corrected chi connectivity index (χ4v) is 2.23. The van der Waals surface area contributed by atoms with Gasteiger partial charge in [0.15, 0.2) is 0 Å². The molecule has 0 bridgehead atoms. The molecule has 0 radical (unpaired) electrons. The van der Waals surface area contributed by atoms with E-state index in [-0.39, 0.29) is 5.97 Å². The van der Waals surface area contributed by atoms with E-state index in [0.29, 0.717) is 5.56 Å². The maximum absolute atomic E-state index is 11.4. The van der Waals surface area contributed by atoms with Crippen molar-refractivity contribution in [2.24, 2.45) is 0 Å². The highest BCUT2D eigenvalue weighted by molar-refractivity contribution is 5.95. The Hall–Kier alpha value is -2.55. The summed E-state index contributed by atoms with van der Waals surface area (Å²) in [6.45, 7) is 0. The molecule has 0 spiro atoms. The summed E-state index contributed by atoms with van der Waals surface area (Å²) in [4.78, 5) is 14.6. The van der Waals surface area contributed by atoms with Crippen LogP contribution in [0.15, 0.2) is 54.7 Å². The highest BCUT2D eigenvalue weighted by atomic mass is 16.5. The molecule has 1 aromatic heterocycles. The molecule has 19 heavy (non-hydrogen) atoms. The number of rotatable bonds is 2. The molecule has 94 valence electrons. The first-order chi connectivity index (χ1) is 9.29. The SMILES string of the molecule is COC(=O)c1ccc(-c2cccc3cc[nH]c23)cc1. The van der Waals surface area contributed by atoms with Gasteiger partial charge in [0.1, 0.15) is 0 Å². The average Bonchev–Trinajstić information content (AvgIpc) is 2.95. The van der Waals surface area contributed by atoms with E-state index in [1.165, 1.54) is 12.5 Å². The Morgan fingerprint density at radius 1 is 1.05 bits per heavy atom. The highest BCUT2D eigenvalue weighted by Crippen LogP contribution is 2.27. The Morgan fingerprint density at radius 3 is 2.58 bits per heavy atom. The third-order valence-electron chi connectivity index (χ3n) is 3.20. The van der Waals surface area contributed by atoms with E-state index < -0.39 is 0 Å². The van der Waals surface area contributed by atoms with Crippen LogP contribution in [0.1, 0.15) is 10.4 Å². The summed E-state index contributed by atoms with van der Waals surface area (Å²) in [5.74, 6) is -0.315. The smallest absolute Gasteiger partial charge is 0.337 e. The van der Waals surface area contributed by atoms with Crippen molar-refractivity contribution >= 4 is 16.9 Å². The number of aromatic nitrogens is 1. The third-order valence-corrected chi connectivity index (χ3v) is 3.20. The lowest BCUT2D eigenvalue weighted by atomic mass is 10.0. The number of nitrogens with one attached hydrogen (secondary N) is 1. The molecule has 3 nitrogen and oxygen atoms in total. The zero-order chi connectivity index (χ0) is 13.2. The van der Waals surface area contributed by atoms with Gasteiger partial charge in [-0.25, -0.2) is 4.79 Å². The van der Waals surface area contributed by atoms with Crippen LogP contribution >= 0.6 is 0 Å². The Kier molecular flexibility index (Phi) is 2.80. The third kappa shape index (κ3) is 1.99. The second-order valence-electron chi connectivity index (χ2n) is 4.32. The number of ether oxygens (including phenoxy) is 1. The number of carbonyl (C=O) groups excluding carboxylic acids is 1. The van der Waals surface area contributed by atoms with Crippen molar-refractivity contribution in [3.8, 4) is 11.1 Å². The lowest BCUT2D eigenvalue weighted by molar-refractivity contribution is 0.0601. The highest BCUT2D eigenvalue weighted by Gasteiger charge is 2.07. The van der Waals surface area contributed by atoms with Crippen molar-refractivity contribution < 1.29 is 9.53 Å². The van der Waals surface area contributed by atoms with Crippen LogP contribution in [-0.2, 0) is 4.74 Å².